The van der Waals surface area contributed by atoms with E-state index in [4.69, 9.17) is 4.74 Å². The number of ether oxygens (including phenoxy) is 1. The summed E-state index contributed by atoms with van der Waals surface area (Å²) in [5.74, 6) is 0.760. The molecule has 90 valence electrons. The molecule has 0 atom stereocenters. The molecule has 2 nitrogen and oxygen atoms in total. The Labute approximate surface area is 99.0 Å². The number of anilines is 1. The van der Waals surface area contributed by atoms with Crippen LogP contribution in [0.2, 0.25) is 0 Å². The van der Waals surface area contributed by atoms with E-state index in [1.165, 1.54) is 24.1 Å². The summed E-state index contributed by atoms with van der Waals surface area (Å²) in [6.45, 7) is 6.22. The van der Waals surface area contributed by atoms with E-state index in [9.17, 15) is 0 Å². The molecule has 0 aromatic heterocycles. The van der Waals surface area contributed by atoms with Crippen molar-refractivity contribution in [2.45, 2.75) is 33.3 Å². The molecule has 0 aliphatic heterocycles. The molecule has 1 aromatic carbocycles. The summed E-state index contributed by atoms with van der Waals surface area (Å²) in [4.78, 5) is 0. The van der Waals surface area contributed by atoms with Crippen molar-refractivity contribution in [3.63, 3.8) is 0 Å². The smallest absolute Gasteiger partial charge is 0.0733 e. The monoisotopic (exact) mass is 221 g/mol. The van der Waals surface area contributed by atoms with Crippen LogP contribution in [0, 0.1) is 5.92 Å². The fourth-order valence-electron chi connectivity index (χ4n) is 1.81. The molecule has 0 heterocycles. The standard InChI is InChI=1S/C14H23NO/c1-4-12(5-2)10-15-14-9-7-6-8-13(14)11-16-3/h6-9,12,15H,4-5,10-11H2,1-3H3. The van der Waals surface area contributed by atoms with Crippen molar-refractivity contribution in [3.05, 3.63) is 29.8 Å². The molecule has 0 fully saturated rings. The molecule has 16 heavy (non-hydrogen) atoms. The first-order valence-corrected chi connectivity index (χ1v) is 6.12. The predicted octanol–water partition coefficient (Wildman–Crippen LogP) is 3.68. The summed E-state index contributed by atoms with van der Waals surface area (Å²) in [5.41, 5.74) is 2.44. The van der Waals surface area contributed by atoms with Gasteiger partial charge in [-0.1, -0.05) is 44.9 Å². The lowest BCUT2D eigenvalue weighted by Gasteiger charge is -2.16. The van der Waals surface area contributed by atoms with Gasteiger partial charge < -0.3 is 10.1 Å². The maximum Gasteiger partial charge on any atom is 0.0733 e. The van der Waals surface area contributed by atoms with Crippen LogP contribution in [0.3, 0.4) is 0 Å². The molecule has 0 radical (unpaired) electrons. The summed E-state index contributed by atoms with van der Waals surface area (Å²) in [6, 6.07) is 8.35. The van der Waals surface area contributed by atoms with E-state index in [1.807, 2.05) is 0 Å². The van der Waals surface area contributed by atoms with Crippen molar-refractivity contribution >= 4 is 5.69 Å². The number of benzene rings is 1. The van der Waals surface area contributed by atoms with Gasteiger partial charge in [-0.15, -0.1) is 0 Å². The van der Waals surface area contributed by atoms with Crippen LogP contribution in [0.15, 0.2) is 24.3 Å². The molecule has 1 aromatic rings. The van der Waals surface area contributed by atoms with E-state index in [2.05, 4.69) is 43.4 Å². The molecule has 0 spiro atoms. The first-order valence-electron chi connectivity index (χ1n) is 6.12. The molecule has 1 N–H and O–H groups in total. The van der Waals surface area contributed by atoms with Crippen molar-refractivity contribution in [2.75, 3.05) is 19.0 Å². The quantitative estimate of drug-likeness (QED) is 0.758. The van der Waals surface area contributed by atoms with Gasteiger partial charge in [0.25, 0.3) is 0 Å². The molecular formula is C14H23NO. The van der Waals surface area contributed by atoms with E-state index < -0.39 is 0 Å². The minimum absolute atomic E-state index is 0.673. The molecule has 1 rings (SSSR count). The topological polar surface area (TPSA) is 21.3 Å². The zero-order valence-electron chi connectivity index (χ0n) is 10.6. The predicted molar refractivity (Wildman–Crippen MR) is 69.7 cm³/mol. The van der Waals surface area contributed by atoms with Gasteiger partial charge in [0.15, 0.2) is 0 Å². The molecule has 2 heteroatoms. The molecule has 0 saturated carbocycles. The van der Waals surface area contributed by atoms with Crippen LogP contribution in [0.25, 0.3) is 0 Å². The van der Waals surface area contributed by atoms with Crippen molar-refractivity contribution in [1.29, 1.82) is 0 Å². The molecule has 0 bridgehead atoms. The Hall–Kier alpha value is -1.02. The van der Waals surface area contributed by atoms with Gasteiger partial charge in [0.2, 0.25) is 0 Å². The van der Waals surface area contributed by atoms with E-state index in [0.29, 0.717) is 6.61 Å². The Balaban J connectivity index is 2.58. The number of hydrogen-bond donors (Lipinski definition) is 1. The van der Waals surface area contributed by atoms with Gasteiger partial charge >= 0.3 is 0 Å². The summed E-state index contributed by atoms with van der Waals surface area (Å²) >= 11 is 0. The second-order valence-electron chi connectivity index (χ2n) is 4.15. The van der Waals surface area contributed by atoms with E-state index in [1.54, 1.807) is 7.11 Å². The van der Waals surface area contributed by atoms with E-state index >= 15 is 0 Å². The highest BCUT2D eigenvalue weighted by Crippen LogP contribution is 2.17. The molecule has 0 unspecified atom stereocenters. The fraction of sp³-hybridized carbons (Fsp3) is 0.571. The lowest BCUT2D eigenvalue weighted by atomic mass is 10.0. The van der Waals surface area contributed by atoms with Gasteiger partial charge in [-0.3, -0.25) is 0 Å². The van der Waals surface area contributed by atoms with Gasteiger partial charge in [0.05, 0.1) is 6.61 Å². The summed E-state index contributed by atoms with van der Waals surface area (Å²) < 4.78 is 5.19. The third kappa shape index (κ3) is 3.86. The summed E-state index contributed by atoms with van der Waals surface area (Å²) in [6.07, 6.45) is 2.46. The number of nitrogens with one attached hydrogen (secondary N) is 1. The summed E-state index contributed by atoms with van der Waals surface area (Å²) in [7, 11) is 1.73. The van der Waals surface area contributed by atoms with Gasteiger partial charge in [-0.25, -0.2) is 0 Å². The van der Waals surface area contributed by atoms with Crippen molar-refractivity contribution < 1.29 is 4.74 Å². The van der Waals surface area contributed by atoms with Crippen molar-refractivity contribution in [1.82, 2.24) is 0 Å². The highest BCUT2D eigenvalue weighted by molar-refractivity contribution is 5.50. The van der Waals surface area contributed by atoms with Crippen LogP contribution in [-0.2, 0) is 11.3 Å². The number of rotatable bonds is 7. The second-order valence-corrected chi connectivity index (χ2v) is 4.15. The maximum atomic E-state index is 5.19. The highest BCUT2D eigenvalue weighted by Gasteiger charge is 2.05. The number of para-hydroxylation sites is 1. The largest absolute Gasteiger partial charge is 0.384 e. The first-order chi connectivity index (χ1) is 7.81. The summed E-state index contributed by atoms with van der Waals surface area (Å²) in [5, 5.41) is 3.52. The minimum atomic E-state index is 0.673. The van der Waals surface area contributed by atoms with E-state index in [-0.39, 0.29) is 0 Å². The second kappa shape index (κ2) is 7.29. The SMILES string of the molecule is CCC(CC)CNc1ccccc1COC. The molecule has 0 aliphatic rings. The Kier molecular flexibility index (Phi) is 5.94. The zero-order valence-corrected chi connectivity index (χ0v) is 10.6. The Morgan fingerprint density at radius 3 is 2.50 bits per heavy atom. The van der Waals surface area contributed by atoms with Crippen LogP contribution in [0.1, 0.15) is 32.3 Å². The lowest BCUT2D eigenvalue weighted by Crippen LogP contribution is -2.13. The third-order valence-corrected chi connectivity index (χ3v) is 3.05. The normalized spacial score (nSPS) is 10.8. The van der Waals surface area contributed by atoms with Gasteiger partial charge in [0, 0.05) is 24.9 Å². The van der Waals surface area contributed by atoms with Crippen molar-refractivity contribution in [3.8, 4) is 0 Å². The van der Waals surface area contributed by atoms with Crippen LogP contribution >= 0.6 is 0 Å². The molecular weight excluding hydrogens is 198 g/mol. The fourth-order valence-corrected chi connectivity index (χ4v) is 1.81. The van der Waals surface area contributed by atoms with Gasteiger partial charge in [0.1, 0.15) is 0 Å². The molecule has 0 aliphatic carbocycles. The van der Waals surface area contributed by atoms with Crippen LogP contribution < -0.4 is 5.32 Å². The average molecular weight is 221 g/mol. The van der Waals surface area contributed by atoms with Crippen LogP contribution in [0.4, 0.5) is 5.69 Å². The molecule has 0 amide bonds. The van der Waals surface area contributed by atoms with Crippen LogP contribution in [0.5, 0.6) is 0 Å². The average Bonchev–Trinajstić information content (AvgIpc) is 2.33. The Bertz CT molecular complexity index is 295. The zero-order chi connectivity index (χ0) is 11.8. The maximum absolute atomic E-state index is 5.19. The Morgan fingerprint density at radius 1 is 1.19 bits per heavy atom. The molecule has 0 saturated heterocycles. The Morgan fingerprint density at radius 2 is 1.88 bits per heavy atom. The number of methoxy groups -OCH3 is 1. The van der Waals surface area contributed by atoms with E-state index in [0.717, 1.165) is 12.5 Å². The lowest BCUT2D eigenvalue weighted by molar-refractivity contribution is 0.185. The van der Waals surface area contributed by atoms with Crippen molar-refractivity contribution in [2.24, 2.45) is 5.92 Å². The minimum Gasteiger partial charge on any atom is -0.384 e. The van der Waals surface area contributed by atoms with Gasteiger partial charge in [-0.2, -0.15) is 0 Å². The number of hydrogen-bond acceptors (Lipinski definition) is 2. The van der Waals surface area contributed by atoms with Crippen LogP contribution in [-0.4, -0.2) is 13.7 Å². The third-order valence-electron chi connectivity index (χ3n) is 3.05. The highest BCUT2D eigenvalue weighted by atomic mass is 16.5. The first kappa shape index (κ1) is 13.0. The van der Waals surface area contributed by atoms with Gasteiger partial charge in [-0.05, 0) is 12.0 Å².